The first kappa shape index (κ1) is 17.2. The Morgan fingerprint density at radius 3 is 2.55 bits per heavy atom. The molecule has 0 bridgehead atoms. The van der Waals surface area contributed by atoms with Gasteiger partial charge in [-0.2, -0.15) is 0 Å². The molecule has 5 heteroatoms. The summed E-state index contributed by atoms with van der Waals surface area (Å²) >= 11 is 1.65. The zero-order chi connectivity index (χ0) is 16.3. The van der Waals surface area contributed by atoms with Gasteiger partial charge in [0.25, 0.3) is 0 Å². The largest absolute Gasteiger partial charge is 0.323 e. The molecule has 4 nitrogen and oxygen atoms in total. The first-order valence-corrected chi connectivity index (χ1v) is 9.02. The monoisotopic (exact) mass is 321 g/mol. The van der Waals surface area contributed by atoms with Crippen LogP contribution in [0.15, 0.2) is 29.2 Å². The first-order valence-electron chi connectivity index (χ1n) is 7.79. The summed E-state index contributed by atoms with van der Waals surface area (Å²) in [7, 11) is 4.20. The van der Waals surface area contributed by atoms with Crippen LogP contribution in [0.1, 0.15) is 13.8 Å². The number of likely N-dealkylation sites (tertiary alicyclic amines) is 1. The van der Waals surface area contributed by atoms with Crippen molar-refractivity contribution in [3.05, 3.63) is 24.3 Å². The van der Waals surface area contributed by atoms with E-state index in [4.69, 9.17) is 0 Å². The standard InChI is InChI=1S/C17H27N3OS/c1-12(2)13-10-20(11-15(13)19(3)4)17(21)18-14-8-6-7-9-16(14)22-5/h6-9,12-13,15H,10-11H2,1-5H3,(H,18,21)/t13-,15+/m0/s1. The predicted molar refractivity (Wildman–Crippen MR) is 94.6 cm³/mol. The Morgan fingerprint density at radius 1 is 1.32 bits per heavy atom. The van der Waals surface area contributed by atoms with E-state index in [9.17, 15) is 4.79 Å². The van der Waals surface area contributed by atoms with Crippen LogP contribution >= 0.6 is 11.8 Å². The van der Waals surface area contributed by atoms with E-state index in [2.05, 4.69) is 38.2 Å². The third-order valence-corrected chi connectivity index (χ3v) is 5.28. The van der Waals surface area contributed by atoms with Crippen molar-refractivity contribution in [2.24, 2.45) is 11.8 Å². The van der Waals surface area contributed by atoms with E-state index >= 15 is 0 Å². The Morgan fingerprint density at radius 2 is 2.00 bits per heavy atom. The van der Waals surface area contributed by atoms with Crippen molar-refractivity contribution in [2.45, 2.75) is 24.8 Å². The molecule has 1 aromatic rings. The molecule has 2 amide bonds. The lowest BCUT2D eigenvalue weighted by Gasteiger charge is -2.27. The molecular weight excluding hydrogens is 294 g/mol. The number of hydrogen-bond acceptors (Lipinski definition) is 3. The summed E-state index contributed by atoms with van der Waals surface area (Å²) in [5.74, 6) is 1.10. The molecule has 1 aliphatic rings. The molecule has 1 N–H and O–H groups in total. The van der Waals surface area contributed by atoms with Gasteiger partial charge in [0.15, 0.2) is 0 Å². The van der Waals surface area contributed by atoms with Gasteiger partial charge in [-0.15, -0.1) is 11.8 Å². The number of rotatable bonds is 4. The molecule has 122 valence electrons. The summed E-state index contributed by atoms with van der Waals surface area (Å²) < 4.78 is 0. The van der Waals surface area contributed by atoms with E-state index in [0.29, 0.717) is 17.9 Å². The Hall–Kier alpha value is -1.20. The van der Waals surface area contributed by atoms with Crippen LogP contribution < -0.4 is 5.32 Å². The molecule has 1 saturated heterocycles. The number of urea groups is 1. The van der Waals surface area contributed by atoms with E-state index in [-0.39, 0.29) is 6.03 Å². The Balaban J connectivity index is 2.07. The fourth-order valence-corrected chi connectivity index (χ4v) is 3.67. The summed E-state index contributed by atoms with van der Waals surface area (Å²) in [5.41, 5.74) is 0.898. The van der Waals surface area contributed by atoms with E-state index in [0.717, 1.165) is 23.7 Å². The van der Waals surface area contributed by atoms with Crippen LogP contribution in [-0.2, 0) is 0 Å². The van der Waals surface area contributed by atoms with Crippen molar-refractivity contribution in [1.29, 1.82) is 0 Å². The number of hydrogen-bond donors (Lipinski definition) is 1. The van der Waals surface area contributed by atoms with Crippen LogP contribution in [0.5, 0.6) is 0 Å². The average Bonchev–Trinajstić information content (AvgIpc) is 2.93. The fraction of sp³-hybridized carbons (Fsp3) is 0.588. The maximum atomic E-state index is 12.6. The Kier molecular flexibility index (Phi) is 5.75. The van der Waals surface area contributed by atoms with Crippen molar-refractivity contribution >= 4 is 23.5 Å². The van der Waals surface area contributed by atoms with Gasteiger partial charge in [0, 0.05) is 24.0 Å². The normalized spacial score (nSPS) is 21.7. The molecule has 0 spiro atoms. The van der Waals surface area contributed by atoms with Gasteiger partial charge in [-0.1, -0.05) is 26.0 Å². The molecule has 0 aliphatic carbocycles. The highest BCUT2D eigenvalue weighted by molar-refractivity contribution is 7.98. The minimum Gasteiger partial charge on any atom is -0.323 e. The van der Waals surface area contributed by atoms with Crippen molar-refractivity contribution in [3.8, 4) is 0 Å². The van der Waals surface area contributed by atoms with Crippen molar-refractivity contribution in [3.63, 3.8) is 0 Å². The van der Waals surface area contributed by atoms with Gasteiger partial charge in [0.2, 0.25) is 0 Å². The third kappa shape index (κ3) is 3.76. The van der Waals surface area contributed by atoms with Crippen LogP contribution in [0.25, 0.3) is 0 Å². The highest BCUT2D eigenvalue weighted by atomic mass is 32.2. The van der Waals surface area contributed by atoms with E-state index in [1.165, 1.54) is 0 Å². The molecule has 1 fully saturated rings. The van der Waals surface area contributed by atoms with Gasteiger partial charge in [-0.05, 0) is 44.3 Å². The highest BCUT2D eigenvalue weighted by Gasteiger charge is 2.38. The highest BCUT2D eigenvalue weighted by Crippen LogP contribution is 2.29. The van der Waals surface area contributed by atoms with Crippen LogP contribution in [-0.4, -0.2) is 55.3 Å². The summed E-state index contributed by atoms with van der Waals surface area (Å²) in [6.45, 7) is 6.11. The molecule has 1 aromatic carbocycles. The zero-order valence-electron chi connectivity index (χ0n) is 14.2. The molecule has 22 heavy (non-hydrogen) atoms. The molecule has 0 aromatic heterocycles. The lowest BCUT2D eigenvalue weighted by molar-refractivity contribution is 0.212. The second-order valence-electron chi connectivity index (χ2n) is 6.47. The number of carbonyl (C=O) groups excluding carboxylic acids is 1. The van der Waals surface area contributed by atoms with Crippen LogP contribution in [0.2, 0.25) is 0 Å². The summed E-state index contributed by atoms with van der Waals surface area (Å²) in [6, 6.07) is 8.39. The van der Waals surface area contributed by atoms with Gasteiger partial charge >= 0.3 is 6.03 Å². The lowest BCUT2D eigenvalue weighted by atomic mass is 9.91. The second kappa shape index (κ2) is 7.38. The summed E-state index contributed by atoms with van der Waals surface area (Å²) in [4.78, 5) is 17.9. The van der Waals surface area contributed by atoms with Gasteiger partial charge < -0.3 is 15.1 Å². The quantitative estimate of drug-likeness (QED) is 0.863. The molecule has 2 rings (SSSR count). The number of anilines is 1. The fourth-order valence-electron chi connectivity index (χ4n) is 3.12. The molecule has 0 unspecified atom stereocenters. The summed E-state index contributed by atoms with van der Waals surface area (Å²) in [5, 5.41) is 3.07. The van der Waals surface area contributed by atoms with Crippen LogP contribution in [0, 0.1) is 11.8 Å². The van der Waals surface area contributed by atoms with E-state index in [1.54, 1.807) is 11.8 Å². The number of amides is 2. The molecular formula is C17H27N3OS. The molecule has 0 radical (unpaired) electrons. The maximum absolute atomic E-state index is 12.6. The number of nitrogens with one attached hydrogen (secondary N) is 1. The van der Waals surface area contributed by atoms with E-state index < -0.39 is 0 Å². The lowest BCUT2D eigenvalue weighted by Crippen LogP contribution is -2.38. The van der Waals surface area contributed by atoms with Gasteiger partial charge in [0.1, 0.15) is 0 Å². The van der Waals surface area contributed by atoms with Crippen LogP contribution in [0.4, 0.5) is 10.5 Å². The number of carbonyl (C=O) groups is 1. The van der Waals surface area contributed by atoms with Gasteiger partial charge in [0.05, 0.1) is 5.69 Å². The van der Waals surface area contributed by atoms with Crippen molar-refractivity contribution in [2.75, 3.05) is 38.8 Å². The van der Waals surface area contributed by atoms with Crippen molar-refractivity contribution < 1.29 is 4.79 Å². The predicted octanol–water partition coefficient (Wildman–Crippen LogP) is 3.46. The smallest absolute Gasteiger partial charge is 0.321 e. The first-order chi connectivity index (χ1) is 10.4. The number of likely N-dealkylation sites (N-methyl/N-ethyl adjacent to an activating group) is 1. The minimum absolute atomic E-state index is 0.0106. The third-order valence-electron chi connectivity index (χ3n) is 4.49. The maximum Gasteiger partial charge on any atom is 0.321 e. The molecule has 1 heterocycles. The zero-order valence-corrected chi connectivity index (χ0v) is 15.0. The molecule has 1 aliphatic heterocycles. The minimum atomic E-state index is 0.0106. The van der Waals surface area contributed by atoms with Crippen molar-refractivity contribution in [1.82, 2.24) is 9.80 Å². The second-order valence-corrected chi connectivity index (χ2v) is 7.32. The number of para-hydroxylation sites is 1. The number of benzene rings is 1. The topological polar surface area (TPSA) is 35.6 Å². The SMILES string of the molecule is CSc1ccccc1NC(=O)N1C[C@@H](N(C)C)[C@H](C(C)C)C1. The van der Waals surface area contributed by atoms with Crippen LogP contribution in [0.3, 0.4) is 0 Å². The Labute approximate surface area is 138 Å². The van der Waals surface area contributed by atoms with E-state index in [1.807, 2.05) is 35.4 Å². The molecule has 2 atom stereocenters. The average molecular weight is 321 g/mol. The summed E-state index contributed by atoms with van der Waals surface area (Å²) in [6.07, 6.45) is 2.03. The number of nitrogens with zero attached hydrogens (tertiary/aromatic N) is 2. The Bertz CT molecular complexity index is 502. The van der Waals surface area contributed by atoms with Gasteiger partial charge in [-0.3, -0.25) is 0 Å². The number of thioether (sulfide) groups is 1. The van der Waals surface area contributed by atoms with Gasteiger partial charge in [-0.25, -0.2) is 4.79 Å². The molecule has 0 saturated carbocycles.